The Balaban J connectivity index is 1.80. The smallest absolute Gasteiger partial charge is 0.309 e. The fourth-order valence-electron chi connectivity index (χ4n) is 7.52. The molecule has 2 bridgehead atoms. The molecule has 3 rings (SSSR count). The van der Waals surface area contributed by atoms with Crippen LogP contribution in [-0.2, 0) is 9.53 Å². The van der Waals surface area contributed by atoms with E-state index in [2.05, 4.69) is 62.3 Å². The van der Waals surface area contributed by atoms with Gasteiger partial charge in [-0.25, -0.2) is 0 Å². The third-order valence-electron chi connectivity index (χ3n) is 8.94. The molecule has 0 radical (unpaired) electrons. The average molecular weight is 391 g/mol. The molecule has 3 aliphatic rings. The van der Waals surface area contributed by atoms with Gasteiger partial charge in [0, 0.05) is 0 Å². The minimum Gasteiger partial charge on any atom is -0.459 e. The largest absolute Gasteiger partial charge is 0.459 e. The highest BCUT2D eigenvalue weighted by atomic mass is 16.6. The second-order valence-corrected chi connectivity index (χ2v) is 13.0. The van der Waals surface area contributed by atoms with Crippen molar-refractivity contribution in [2.75, 3.05) is 0 Å². The summed E-state index contributed by atoms with van der Waals surface area (Å²) in [6, 6.07) is 0. The van der Waals surface area contributed by atoms with E-state index in [1.54, 1.807) is 0 Å². The molecule has 0 aromatic carbocycles. The fourth-order valence-corrected chi connectivity index (χ4v) is 7.52. The van der Waals surface area contributed by atoms with Crippen molar-refractivity contribution in [1.82, 2.24) is 0 Å². The first-order valence-electron chi connectivity index (χ1n) is 12.0. The second kappa shape index (κ2) is 7.31. The summed E-state index contributed by atoms with van der Waals surface area (Å²) in [4.78, 5) is 13.5. The van der Waals surface area contributed by atoms with Crippen LogP contribution in [0.4, 0.5) is 0 Å². The summed E-state index contributed by atoms with van der Waals surface area (Å²) in [6.45, 7) is 21.1. The van der Waals surface area contributed by atoms with Gasteiger partial charge in [0.1, 0.15) is 5.60 Å². The van der Waals surface area contributed by atoms with Gasteiger partial charge in [-0.1, -0.05) is 68.2 Å². The minimum atomic E-state index is -0.296. The molecule has 0 N–H and O–H groups in total. The molecule has 0 saturated heterocycles. The maximum atomic E-state index is 13.5. The van der Waals surface area contributed by atoms with Crippen molar-refractivity contribution in [3.8, 4) is 0 Å². The zero-order valence-corrected chi connectivity index (χ0v) is 20.1. The molecule has 162 valence electrons. The maximum absolute atomic E-state index is 13.5. The molecular formula is C26H46O2. The predicted octanol–water partition coefficient (Wildman–Crippen LogP) is 7.12. The summed E-state index contributed by atoms with van der Waals surface area (Å²) in [7, 11) is 0. The monoisotopic (exact) mass is 390 g/mol. The zero-order valence-electron chi connectivity index (χ0n) is 20.1. The molecule has 0 aromatic rings. The first-order chi connectivity index (χ1) is 12.8. The molecule has 3 fully saturated rings. The number of rotatable bonds is 4. The Labute approximate surface area is 174 Å². The van der Waals surface area contributed by atoms with E-state index in [1.807, 2.05) is 0 Å². The molecule has 0 spiro atoms. The normalized spacial score (nSPS) is 36.1. The molecule has 3 saturated carbocycles. The highest BCUT2D eigenvalue weighted by Gasteiger charge is 2.61. The second-order valence-electron chi connectivity index (χ2n) is 13.0. The van der Waals surface area contributed by atoms with Crippen molar-refractivity contribution >= 4 is 5.97 Å². The van der Waals surface area contributed by atoms with E-state index in [-0.39, 0.29) is 22.9 Å². The summed E-state index contributed by atoms with van der Waals surface area (Å²) >= 11 is 0. The van der Waals surface area contributed by atoms with E-state index in [9.17, 15) is 4.79 Å². The van der Waals surface area contributed by atoms with Crippen LogP contribution in [0.3, 0.4) is 0 Å². The van der Waals surface area contributed by atoms with Crippen LogP contribution in [0.25, 0.3) is 0 Å². The molecule has 6 unspecified atom stereocenters. The summed E-state index contributed by atoms with van der Waals surface area (Å²) in [5, 5.41) is 0. The molecule has 3 aliphatic carbocycles. The van der Waals surface area contributed by atoms with Gasteiger partial charge in [-0.05, 0) is 78.9 Å². The zero-order chi connectivity index (χ0) is 21.1. The number of esters is 1. The topological polar surface area (TPSA) is 26.3 Å². The Kier molecular flexibility index (Phi) is 5.79. The van der Waals surface area contributed by atoms with Crippen LogP contribution in [0.1, 0.15) is 101 Å². The predicted molar refractivity (Wildman–Crippen MR) is 117 cm³/mol. The average Bonchev–Trinajstić information content (AvgIpc) is 3.27. The molecule has 0 amide bonds. The Hall–Kier alpha value is -0.530. The number of hydrogen-bond donors (Lipinski definition) is 0. The van der Waals surface area contributed by atoms with E-state index in [0.717, 1.165) is 6.42 Å². The first-order valence-corrected chi connectivity index (χ1v) is 12.0. The van der Waals surface area contributed by atoms with E-state index >= 15 is 0 Å². The first kappa shape index (κ1) is 22.2. The number of ether oxygens (including phenoxy) is 1. The van der Waals surface area contributed by atoms with Gasteiger partial charge >= 0.3 is 5.97 Å². The lowest BCUT2D eigenvalue weighted by atomic mass is 9.57. The van der Waals surface area contributed by atoms with E-state index in [4.69, 9.17) is 4.74 Å². The molecule has 28 heavy (non-hydrogen) atoms. The van der Waals surface area contributed by atoms with Crippen LogP contribution in [0.2, 0.25) is 0 Å². The van der Waals surface area contributed by atoms with Gasteiger partial charge in [0.15, 0.2) is 0 Å². The highest BCUT2D eigenvalue weighted by molar-refractivity contribution is 5.74. The Bertz CT molecular complexity index is 572. The van der Waals surface area contributed by atoms with E-state index < -0.39 is 0 Å². The van der Waals surface area contributed by atoms with Crippen molar-refractivity contribution < 1.29 is 9.53 Å². The fraction of sp³-hybridized carbons (Fsp3) is 0.962. The highest BCUT2D eigenvalue weighted by Crippen LogP contribution is 2.64. The van der Waals surface area contributed by atoms with Crippen molar-refractivity contribution in [3.05, 3.63) is 0 Å². The van der Waals surface area contributed by atoms with Crippen LogP contribution in [0, 0.1) is 52.3 Å². The molecule has 0 heterocycles. The standard InChI is InChI=1S/C26H46O2/c1-16(2)26(9,18-12-10-11-13-18)28-23(27)20-15-17-14-19(20)22(25(6,7)8)21(17)24(3,4)5/h16-22H,10-15H2,1-9H3. The summed E-state index contributed by atoms with van der Waals surface area (Å²) in [5.41, 5.74) is 0.252. The van der Waals surface area contributed by atoms with Gasteiger partial charge < -0.3 is 4.74 Å². The maximum Gasteiger partial charge on any atom is 0.309 e. The van der Waals surface area contributed by atoms with Crippen molar-refractivity contribution in [2.45, 2.75) is 106 Å². The summed E-state index contributed by atoms with van der Waals surface area (Å²) in [6.07, 6.45) is 7.29. The van der Waals surface area contributed by atoms with Crippen LogP contribution in [0.5, 0.6) is 0 Å². The summed E-state index contributed by atoms with van der Waals surface area (Å²) < 4.78 is 6.46. The molecule has 2 nitrogen and oxygen atoms in total. The molecular weight excluding hydrogens is 344 g/mol. The van der Waals surface area contributed by atoms with Gasteiger partial charge in [-0.2, -0.15) is 0 Å². The quantitative estimate of drug-likeness (QED) is 0.478. The SMILES string of the molecule is CC(C)C(C)(OC(=O)C1CC2CC1C(C(C)(C)C)C2C(C)(C)C)C1CCCC1. The molecule has 2 heteroatoms. The molecule has 0 aromatic heterocycles. The molecule has 6 atom stereocenters. The van der Waals surface area contributed by atoms with Gasteiger partial charge in [0.25, 0.3) is 0 Å². The van der Waals surface area contributed by atoms with Crippen LogP contribution in [0.15, 0.2) is 0 Å². The lowest BCUT2D eigenvalue weighted by Crippen LogP contribution is -2.48. The van der Waals surface area contributed by atoms with Crippen LogP contribution < -0.4 is 0 Å². The summed E-state index contributed by atoms with van der Waals surface area (Å²) in [5.74, 6) is 3.66. The van der Waals surface area contributed by atoms with Crippen molar-refractivity contribution in [2.24, 2.45) is 52.3 Å². The van der Waals surface area contributed by atoms with Crippen molar-refractivity contribution in [3.63, 3.8) is 0 Å². The number of hydrogen-bond acceptors (Lipinski definition) is 2. The van der Waals surface area contributed by atoms with Gasteiger partial charge in [0.05, 0.1) is 5.92 Å². The third kappa shape index (κ3) is 3.79. The molecule has 0 aliphatic heterocycles. The van der Waals surface area contributed by atoms with Gasteiger partial charge in [-0.3, -0.25) is 4.79 Å². The Morgan fingerprint density at radius 2 is 1.39 bits per heavy atom. The van der Waals surface area contributed by atoms with Crippen molar-refractivity contribution in [1.29, 1.82) is 0 Å². The van der Waals surface area contributed by atoms with E-state index in [1.165, 1.54) is 32.1 Å². The van der Waals surface area contributed by atoms with Crippen LogP contribution in [-0.4, -0.2) is 11.6 Å². The van der Waals surface area contributed by atoms with Crippen LogP contribution >= 0.6 is 0 Å². The Morgan fingerprint density at radius 1 is 0.857 bits per heavy atom. The lowest BCUT2D eigenvalue weighted by Gasteiger charge is -2.48. The minimum absolute atomic E-state index is 0.118. The van der Waals surface area contributed by atoms with E-state index in [0.29, 0.717) is 40.9 Å². The Morgan fingerprint density at radius 3 is 1.86 bits per heavy atom. The van der Waals surface area contributed by atoms with Gasteiger partial charge in [0.2, 0.25) is 0 Å². The third-order valence-corrected chi connectivity index (χ3v) is 8.94. The number of carbonyl (C=O) groups is 1. The number of carbonyl (C=O) groups excluding carboxylic acids is 1. The van der Waals surface area contributed by atoms with Gasteiger partial charge in [-0.15, -0.1) is 0 Å². The number of fused-ring (bicyclic) bond motifs is 2. The lowest BCUT2D eigenvalue weighted by molar-refractivity contribution is -0.180.